The number of ketones is 1. The van der Waals surface area contributed by atoms with Gasteiger partial charge in [-0.15, -0.1) is 0 Å². The number of carbonyl (C=O) groups is 1. The SMILES string of the molecule is CCCC(C)(Pc1ccc(C)cc1C(C)=O)c1cc(C)ccc1OC. The maximum Gasteiger partial charge on any atom is 0.160 e. The zero-order chi connectivity index (χ0) is 18.6. The van der Waals surface area contributed by atoms with Crippen LogP contribution in [0.25, 0.3) is 0 Å². The summed E-state index contributed by atoms with van der Waals surface area (Å²) in [6, 6.07) is 12.6. The van der Waals surface area contributed by atoms with Gasteiger partial charge in [-0.2, -0.15) is 0 Å². The van der Waals surface area contributed by atoms with Gasteiger partial charge in [0.15, 0.2) is 5.78 Å². The van der Waals surface area contributed by atoms with Crippen LogP contribution < -0.4 is 10.0 Å². The molecule has 0 aliphatic rings. The molecule has 2 aromatic carbocycles. The molecule has 0 spiro atoms. The molecule has 2 aromatic rings. The molecule has 0 radical (unpaired) electrons. The first-order valence-electron chi connectivity index (χ1n) is 8.85. The smallest absolute Gasteiger partial charge is 0.160 e. The Balaban J connectivity index is 2.55. The van der Waals surface area contributed by atoms with E-state index in [0.717, 1.165) is 35.0 Å². The van der Waals surface area contributed by atoms with Crippen molar-refractivity contribution in [1.29, 1.82) is 0 Å². The van der Waals surface area contributed by atoms with Crippen LogP contribution in [0.4, 0.5) is 0 Å². The summed E-state index contributed by atoms with van der Waals surface area (Å²) in [5, 5.41) is 1.10. The highest BCUT2D eigenvalue weighted by molar-refractivity contribution is 7.48. The predicted octanol–water partition coefficient (Wildman–Crippen LogP) is 5.53. The zero-order valence-electron chi connectivity index (χ0n) is 16.2. The average Bonchev–Trinajstić information content (AvgIpc) is 2.56. The van der Waals surface area contributed by atoms with Gasteiger partial charge in [0.25, 0.3) is 0 Å². The second kappa shape index (κ2) is 8.15. The quantitative estimate of drug-likeness (QED) is 0.481. The molecule has 2 atom stereocenters. The lowest BCUT2D eigenvalue weighted by Gasteiger charge is -2.32. The molecule has 0 aliphatic carbocycles. The highest BCUT2D eigenvalue weighted by Crippen LogP contribution is 2.48. The van der Waals surface area contributed by atoms with Gasteiger partial charge in [-0.1, -0.05) is 64.2 Å². The third-order valence-electron chi connectivity index (χ3n) is 4.66. The minimum Gasteiger partial charge on any atom is -0.496 e. The first-order chi connectivity index (χ1) is 11.8. The Kier molecular flexibility index (Phi) is 6.41. The summed E-state index contributed by atoms with van der Waals surface area (Å²) in [7, 11) is 2.25. The van der Waals surface area contributed by atoms with Crippen LogP contribution in [0.3, 0.4) is 0 Å². The summed E-state index contributed by atoms with van der Waals surface area (Å²) in [5.41, 5.74) is 4.46. The van der Waals surface area contributed by atoms with E-state index in [1.165, 1.54) is 11.1 Å². The lowest BCUT2D eigenvalue weighted by molar-refractivity contribution is 0.101. The fourth-order valence-electron chi connectivity index (χ4n) is 3.37. The van der Waals surface area contributed by atoms with Crippen molar-refractivity contribution in [3.05, 3.63) is 58.7 Å². The molecule has 0 bridgehead atoms. The molecular weight excluding hydrogens is 327 g/mol. The zero-order valence-corrected chi connectivity index (χ0v) is 17.2. The number of ether oxygens (including phenoxy) is 1. The number of aryl methyl sites for hydroxylation is 2. The van der Waals surface area contributed by atoms with E-state index in [1.807, 2.05) is 13.0 Å². The van der Waals surface area contributed by atoms with Crippen LogP contribution in [0.5, 0.6) is 5.75 Å². The van der Waals surface area contributed by atoms with Crippen molar-refractivity contribution in [1.82, 2.24) is 0 Å². The van der Waals surface area contributed by atoms with Crippen molar-refractivity contribution >= 4 is 19.7 Å². The number of carbonyl (C=O) groups excluding carboxylic acids is 1. The standard InChI is InChI=1S/C22H29O2P/c1-7-12-22(5,19-14-16(3)8-10-20(19)24-6)25-21-11-9-15(2)13-18(21)17(4)23/h8-11,13-14,25H,7,12H2,1-6H3. The largest absolute Gasteiger partial charge is 0.496 e. The maximum absolute atomic E-state index is 12.2. The number of Topliss-reactive ketones (excluding diaryl/α,β-unsaturated/α-hetero) is 1. The third-order valence-corrected chi connectivity index (χ3v) is 6.44. The molecule has 134 valence electrons. The first kappa shape index (κ1) is 19.7. The molecule has 0 aliphatic heterocycles. The molecule has 0 amide bonds. The molecule has 3 heteroatoms. The summed E-state index contributed by atoms with van der Waals surface area (Å²) >= 11 is 0. The molecule has 0 N–H and O–H groups in total. The molecule has 0 saturated carbocycles. The van der Waals surface area contributed by atoms with Crippen LogP contribution in [0.2, 0.25) is 0 Å². The van der Waals surface area contributed by atoms with Crippen molar-refractivity contribution in [2.45, 2.75) is 52.6 Å². The van der Waals surface area contributed by atoms with E-state index in [0.29, 0.717) is 8.58 Å². The predicted molar refractivity (Wildman–Crippen MR) is 109 cm³/mol. The van der Waals surface area contributed by atoms with Crippen molar-refractivity contribution in [2.24, 2.45) is 0 Å². The molecule has 2 rings (SSSR count). The topological polar surface area (TPSA) is 26.3 Å². The highest BCUT2D eigenvalue weighted by Gasteiger charge is 2.30. The normalized spacial score (nSPS) is 13.8. The highest BCUT2D eigenvalue weighted by atomic mass is 31.1. The van der Waals surface area contributed by atoms with Crippen LogP contribution in [-0.4, -0.2) is 12.9 Å². The Hall–Kier alpha value is -1.66. The Morgan fingerprint density at radius 2 is 1.76 bits per heavy atom. The van der Waals surface area contributed by atoms with Gasteiger partial charge in [-0.3, -0.25) is 4.79 Å². The minimum absolute atomic E-state index is 0.0500. The van der Waals surface area contributed by atoms with Crippen LogP contribution in [0.15, 0.2) is 36.4 Å². The van der Waals surface area contributed by atoms with Crippen molar-refractivity contribution < 1.29 is 9.53 Å². The average molecular weight is 356 g/mol. The fourth-order valence-corrected chi connectivity index (χ4v) is 5.22. The summed E-state index contributed by atoms with van der Waals surface area (Å²) in [4.78, 5) is 12.2. The van der Waals surface area contributed by atoms with Gasteiger partial charge < -0.3 is 4.74 Å². The van der Waals surface area contributed by atoms with E-state index in [4.69, 9.17) is 4.74 Å². The molecule has 2 nitrogen and oxygen atoms in total. The van der Waals surface area contributed by atoms with Gasteiger partial charge in [0, 0.05) is 16.3 Å². The van der Waals surface area contributed by atoms with Gasteiger partial charge in [-0.25, -0.2) is 0 Å². The Morgan fingerprint density at radius 3 is 2.36 bits per heavy atom. The molecule has 0 saturated heterocycles. The number of hydrogen-bond donors (Lipinski definition) is 0. The summed E-state index contributed by atoms with van der Waals surface area (Å²) in [6.07, 6.45) is 2.14. The molecular formula is C22H29O2P. The maximum atomic E-state index is 12.2. The molecule has 2 unspecified atom stereocenters. The van der Waals surface area contributed by atoms with Gasteiger partial charge in [0.2, 0.25) is 0 Å². The van der Waals surface area contributed by atoms with E-state index in [9.17, 15) is 4.79 Å². The molecule has 0 heterocycles. The Labute approximate surface area is 153 Å². The van der Waals surface area contributed by atoms with Crippen LogP contribution in [-0.2, 0) is 5.16 Å². The Bertz CT molecular complexity index is 767. The van der Waals surface area contributed by atoms with Gasteiger partial charge in [-0.05, 0) is 44.6 Å². The monoisotopic (exact) mass is 356 g/mol. The van der Waals surface area contributed by atoms with Crippen LogP contribution >= 0.6 is 8.58 Å². The second-order valence-corrected chi connectivity index (χ2v) is 8.91. The van der Waals surface area contributed by atoms with Gasteiger partial charge in [0.05, 0.1) is 7.11 Å². The van der Waals surface area contributed by atoms with Crippen LogP contribution in [0, 0.1) is 13.8 Å². The van der Waals surface area contributed by atoms with E-state index >= 15 is 0 Å². The van der Waals surface area contributed by atoms with Crippen molar-refractivity contribution in [3.8, 4) is 5.75 Å². The molecule has 25 heavy (non-hydrogen) atoms. The van der Waals surface area contributed by atoms with Gasteiger partial charge in [0.1, 0.15) is 5.75 Å². The van der Waals surface area contributed by atoms with Crippen LogP contribution in [0.1, 0.15) is 60.7 Å². The summed E-state index contributed by atoms with van der Waals surface area (Å²) in [5.74, 6) is 1.08. The minimum atomic E-state index is -0.0500. The summed E-state index contributed by atoms with van der Waals surface area (Å²) in [6.45, 7) is 10.3. The number of benzene rings is 2. The van der Waals surface area contributed by atoms with E-state index in [-0.39, 0.29) is 10.9 Å². The number of methoxy groups -OCH3 is 1. The van der Waals surface area contributed by atoms with Gasteiger partial charge >= 0.3 is 0 Å². The lowest BCUT2D eigenvalue weighted by Crippen LogP contribution is -2.22. The molecule has 0 aromatic heterocycles. The van der Waals surface area contributed by atoms with Crippen molar-refractivity contribution in [2.75, 3.05) is 7.11 Å². The molecule has 0 fully saturated rings. The van der Waals surface area contributed by atoms with E-state index in [1.54, 1.807) is 14.0 Å². The third kappa shape index (κ3) is 4.50. The fraction of sp³-hybridized carbons (Fsp3) is 0.409. The second-order valence-electron chi connectivity index (χ2n) is 7.02. The van der Waals surface area contributed by atoms with Crippen molar-refractivity contribution in [3.63, 3.8) is 0 Å². The number of rotatable bonds is 7. The lowest BCUT2D eigenvalue weighted by atomic mass is 9.93. The number of hydrogen-bond acceptors (Lipinski definition) is 2. The Morgan fingerprint density at radius 1 is 1.12 bits per heavy atom. The summed E-state index contributed by atoms with van der Waals surface area (Å²) < 4.78 is 5.66. The van der Waals surface area contributed by atoms with E-state index in [2.05, 4.69) is 51.1 Å². The first-order valence-corrected chi connectivity index (χ1v) is 9.85. The van der Waals surface area contributed by atoms with E-state index < -0.39 is 0 Å².